The number of hydrogen-bond donors (Lipinski definition) is 3. The van der Waals surface area contributed by atoms with Crippen LogP contribution in [-0.4, -0.2) is 34.6 Å². The van der Waals surface area contributed by atoms with Gasteiger partial charge in [0.25, 0.3) is 0 Å². The van der Waals surface area contributed by atoms with Gasteiger partial charge in [-0.1, -0.05) is 12.7 Å². The van der Waals surface area contributed by atoms with Gasteiger partial charge >= 0.3 is 5.97 Å². The minimum atomic E-state index is -0.449. The monoisotopic (exact) mass is 353 g/mol. The molecular weight excluding hydrogens is 334 g/mol. The highest BCUT2D eigenvalue weighted by atomic mass is 16.5. The first-order valence-corrected chi connectivity index (χ1v) is 7.95. The van der Waals surface area contributed by atoms with Crippen molar-refractivity contribution in [2.45, 2.75) is 6.92 Å². The molecule has 0 aliphatic heterocycles. The Kier molecular flexibility index (Phi) is 4.74. The molecule has 2 heterocycles. The maximum absolute atomic E-state index is 11.9. The molecule has 0 saturated heterocycles. The van der Waals surface area contributed by atoms with Crippen molar-refractivity contribution in [2.75, 3.05) is 24.8 Å². The van der Waals surface area contributed by atoms with E-state index in [1.165, 1.54) is 6.33 Å². The van der Waals surface area contributed by atoms with Gasteiger partial charge in [-0.3, -0.25) is 0 Å². The van der Waals surface area contributed by atoms with Gasteiger partial charge in [0.1, 0.15) is 29.2 Å². The highest BCUT2D eigenvalue weighted by Gasteiger charge is 2.15. The second-order valence-electron chi connectivity index (χ2n) is 5.40. The topological polar surface area (TPSA) is 115 Å². The molecular formula is C18H19N5O3. The van der Waals surface area contributed by atoms with Crippen molar-refractivity contribution in [1.29, 1.82) is 0 Å². The van der Waals surface area contributed by atoms with Crippen LogP contribution >= 0.6 is 0 Å². The van der Waals surface area contributed by atoms with Crippen LogP contribution < -0.4 is 15.8 Å². The predicted molar refractivity (Wildman–Crippen MR) is 101 cm³/mol. The van der Waals surface area contributed by atoms with Gasteiger partial charge in [0.2, 0.25) is 0 Å². The first kappa shape index (κ1) is 17.3. The number of carbonyl (C=O) groups is 1. The molecule has 2 aromatic heterocycles. The number of anilines is 3. The number of nitrogen functional groups attached to an aromatic ring is 1. The molecule has 26 heavy (non-hydrogen) atoms. The van der Waals surface area contributed by atoms with Crippen LogP contribution in [0.3, 0.4) is 0 Å². The van der Waals surface area contributed by atoms with Crippen LogP contribution in [0.2, 0.25) is 0 Å². The van der Waals surface area contributed by atoms with Crippen LogP contribution in [0.4, 0.5) is 17.2 Å². The molecule has 0 aliphatic carbocycles. The fraction of sp³-hybridized carbons (Fsp3) is 0.167. The lowest BCUT2D eigenvalue weighted by Crippen LogP contribution is -2.04. The second-order valence-corrected chi connectivity index (χ2v) is 5.40. The fourth-order valence-electron chi connectivity index (χ4n) is 2.54. The number of carbonyl (C=O) groups excluding carboxylic acids is 1. The lowest BCUT2D eigenvalue weighted by Gasteiger charge is -2.13. The summed E-state index contributed by atoms with van der Waals surface area (Å²) in [5.74, 6) is 0.622. The molecule has 134 valence electrons. The average molecular weight is 353 g/mol. The zero-order chi connectivity index (χ0) is 18.7. The van der Waals surface area contributed by atoms with Gasteiger partial charge in [0, 0.05) is 11.8 Å². The molecule has 0 amide bonds. The van der Waals surface area contributed by atoms with Crippen LogP contribution in [0.1, 0.15) is 23.0 Å². The smallest absolute Gasteiger partial charge is 0.354 e. The first-order valence-electron chi connectivity index (χ1n) is 7.95. The van der Waals surface area contributed by atoms with Gasteiger partial charge in [-0.2, -0.15) is 0 Å². The summed E-state index contributed by atoms with van der Waals surface area (Å²) in [5.41, 5.74) is 8.77. The van der Waals surface area contributed by atoms with E-state index in [9.17, 15) is 4.79 Å². The molecule has 0 spiro atoms. The van der Waals surface area contributed by atoms with Crippen LogP contribution in [0.25, 0.3) is 17.1 Å². The Morgan fingerprint density at radius 2 is 2.19 bits per heavy atom. The summed E-state index contributed by atoms with van der Waals surface area (Å²) in [7, 11) is 1.55. The van der Waals surface area contributed by atoms with Gasteiger partial charge < -0.3 is 25.5 Å². The van der Waals surface area contributed by atoms with E-state index in [0.717, 1.165) is 5.56 Å². The Hall–Kier alpha value is -3.55. The van der Waals surface area contributed by atoms with E-state index in [1.807, 2.05) is 6.07 Å². The molecule has 0 radical (unpaired) electrons. The molecule has 8 nitrogen and oxygen atoms in total. The van der Waals surface area contributed by atoms with Crippen LogP contribution in [0.15, 0.2) is 31.1 Å². The van der Waals surface area contributed by atoms with Crippen LogP contribution in [-0.2, 0) is 4.74 Å². The lowest BCUT2D eigenvalue weighted by molar-refractivity contribution is 0.0520. The maximum Gasteiger partial charge on any atom is 0.354 e. The summed E-state index contributed by atoms with van der Waals surface area (Å²) >= 11 is 0. The third-order valence-electron chi connectivity index (χ3n) is 3.80. The molecule has 0 atom stereocenters. The van der Waals surface area contributed by atoms with Crippen molar-refractivity contribution in [3.63, 3.8) is 0 Å². The minimum absolute atomic E-state index is 0.290. The number of rotatable bonds is 6. The van der Waals surface area contributed by atoms with Crippen LogP contribution in [0.5, 0.6) is 5.75 Å². The number of esters is 1. The van der Waals surface area contributed by atoms with E-state index in [2.05, 4.69) is 26.8 Å². The predicted octanol–water partition coefficient (Wildman–Crippen LogP) is 3.11. The quantitative estimate of drug-likeness (QED) is 0.460. The number of ether oxygens (including phenoxy) is 2. The largest absolute Gasteiger partial charge is 0.494 e. The maximum atomic E-state index is 11.9. The fourth-order valence-corrected chi connectivity index (χ4v) is 2.54. The molecule has 3 rings (SSSR count). The number of hydrogen-bond acceptors (Lipinski definition) is 7. The molecule has 0 unspecified atom stereocenters. The van der Waals surface area contributed by atoms with Gasteiger partial charge in [-0.05, 0) is 24.6 Å². The molecule has 3 aromatic rings. The number of fused-ring (bicyclic) bond motifs is 1. The lowest BCUT2D eigenvalue weighted by atomic mass is 10.1. The standard InChI is InChI=1S/C18H19N5O3/c1-4-10-6-13(15(25-3)8-12(10)19)22-16-11-7-14(18(24)26-5-2)23-17(11)21-9-20-16/h4,6-9H,1,5,19H2,2-3H3,(H2,20,21,22,23). The van der Waals surface area contributed by atoms with Gasteiger partial charge in [0.15, 0.2) is 0 Å². The molecule has 0 fully saturated rings. The second kappa shape index (κ2) is 7.14. The Balaban J connectivity index is 2.04. The third-order valence-corrected chi connectivity index (χ3v) is 3.80. The highest BCUT2D eigenvalue weighted by Crippen LogP contribution is 2.34. The van der Waals surface area contributed by atoms with Crippen LogP contribution in [0, 0.1) is 0 Å². The summed E-state index contributed by atoms with van der Waals surface area (Å²) < 4.78 is 10.4. The molecule has 0 bridgehead atoms. The van der Waals surface area contributed by atoms with Crippen molar-refractivity contribution in [3.8, 4) is 5.75 Å². The Labute approximate surface area is 150 Å². The number of nitrogens with two attached hydrogens (primary N) is 1. The Morgan fingerprint density at radius 1 is 1.38 bits per heavy atom. The Bertz CT molecular complexity index is 980. The molecule has 1 aromatic carbocycles. The summed E-state index contributed by atoms with van der Waals surface area (Å²) in [6.45, 7) is 5.79. The van der Waals surface area contributed by atoms with Gasteiger partial charge in [-0.15, -0.1) is 0 Å². The normalized spacial score (nSPS) is 10.5. The molecule has 8 heteroatoms. The number of benzene rings is 1. The number of H-pyrrole nitrogens is 1. The summed E-state index contributed by atoms with van der Waals surface area (Å²) in [5, 5.41) is 3.85. The number of aromatic amines is 1. The van der Waals surface area contributed by atoms with Crippen molar-refractivity contribution in [3.05, 3.63) is 42.4 Å². The van der Waals surface area contributed by atoms with Gasteiger partial charge in [0.05, 0.1) is 24.8 Å². The van der Waals surface area contributed by atoms with Crippen molar-refractivity contribution in [2.24, 2.45) is 0 Å². The summed E-state index contributed by atoms with van der Waals surface area (Å²) in [4.78, 5) is 23.3. The molecule has 4 N–H and O–H groups in total. The summed E-state index contributed by atoms with van der Waals surface area (Å²) in [6, 6.07) is 5.17. The number of nitrogens with one attached hydrogen (secondary N) is 2. The van der Waals surface area contributed by atoms with E-state index in [0.29, 0.717) is 39.7 Å². The number of methoxy groups -OCH3 is 1. The zero-order valence-electron chi connectivity index (χ0n) is 14.5. The Morgan fingerprint density at radius 3 is 2.88 bits per heavy atom. The van der Waals surface area contributed by atoms with E-state index < -0.39 is 5.97 Å². The van der Waals surface area contributed by atoms with Crippen molar-refractivity contribution >= 4 is 40.3 Å². The minimum Gasteiger partial charge on any atom is -0.494 e. The van der Waals surface area contributed by atoms with E-state index in [-0.39, 0.29) is 6.61 Å². The number of aromatic nitrogens is 3. The van der Waals surface area contributed by atoms with E-state index in [4.69, 9.17) is 15.2 Å². The molecule has 0 saturated carbocycles. The molecule has 0 aliphatic rings. The SMILES string of the molecule is C=Cc1cc(Nc2ncnc3[nH]c(C(=O)OCC)cc23)c(OC)cc1N. The summed E-state index contributed by atoms with van der Waals surface area (Å²) in [6.07, 6.45) is 3.05. The highest BCUT2D eigenvalue weighted by molar-refractivity contribution is 5.98. The van der Waals surface area contributed by atoms with Gasteiger partial charge in [-0.25, -0.2) is 14.8 Å². The van der Waals surface area contributed by atoms with Crippen molar-refractivity contribution < 1.29 is 14.3 Å². The van der Waals surface area contributed by atoms with Crippen molar-refractivity contribution in [1.82, 2.24) is 15.0 Å². The third kappa shape index (κ3) is 3.16. The van der Waals surface area contributed by atoms with E-state index in [1.54, 1.807) is 32.2 Å². The first-order chi connectivity index (χ1) is 12.6. The average Bonchev–Trinajstić information content (AvgIpc) is 3.08. The van der Waals surface area contributed by atoms with E-state index >= 15 is 0 Å². The number of nitrogens with zero attached hydrogens (tertiary/aromatic N) is 2. The zero-order valence-corrected chi connectivity index (χ0v) is 14.5.